The summed E-state index contributed by atoms with van der Waals surface area (Å²) in [5.41, 5.74) is 0.927. The molecule has 6 nitrogen and oxygen atoms in total. The van der Waals surface area contributed by atoms with Gasteiger partial charge >= 0.3 is 0 Å². The Morgan fingerprint density at radius 2 is 2.19 bits per heavy atom. The zero-order chi connectivity index (χ0) is 15.4. The van der Waals surface area contributed by atoms with Gasteiger partial charge in [-0.05, 0) is 38.4 Å². The van der Waals surface area contributed by atoms with Crippen LogP contribution in [0.5, 0.6) is 5.75 Å². The van der Waals surface area contributed by atoms with Crippen LogP contribution in [-0.2, 0) is 6.54 Å². The summed E-state index contributed by atoms with van der Waals surface area (Å²) in [6, 6.07) is 6.05. The molecule has 1 saturated carbocycles. The Morgan fingerprint density at radius 1 is 1.48 bits per heavy atom. The third-order valence-corrected chi connectivity index (χ3v) is 3.98. The molecular weight excluding hydrogens is 270 g/mol. The summed E-state index contributed by atoms with van der Waals surface area (Å²) in [5, 5.41) is 14.3. The first-order valence-corrected chi connectivity index (χ1v) is 7.26. The SMILES string of the molecule is COc1cc(CNCC(C)N(C)C2CC2)cc([N+](=O)[O-])c1. The molecule has 1 atom stereocenters. The number of hydrogen-bond donors (Lipinski definition) is 1. The fourth-order valence-corrected chi connectivity index (χ4v) is 2.38. The van der Waals surface area contributed by atoms with Crippen molar-refractivity contribution < 1.29 is 9.66 Å². The van der Waals surface area contributed by atoms with E-state index < -0.39 is 4.92 Å². The minimum Gasteiger partial charge on any atom is -0.496 e. The molecule has 1 aromatic rings. The van der Waals surface area contributed by atoms with Gasteiger partial charge in [0.05, 0.1) is 18.1 Å². The molecule has 2 rings (SSSR count). The minimum atomic E-state index is -0.393. The fourth-order valence-electron chi connectivity index (χ4n) is 2.38. The number of benzene rings is 1. The van der Waals surface area contributed by atoms with Crippen LogP contribution in [0.3, 0.4) is 0 Å². The van der Waals surface area contributed by atoms with Crippen LogP contribution in [-0.4, -0.2) is 42.6 Å². The van der Waals surface area contributed by atoms with Gasteiger partial charge in [-0.1, -0.05) is 0 Å². The van der Waals surface area contributed by atoms with Crippen LogP contribution in [0.15, 0.2) is 18.2 Å². The molecule has 0 heterocycles. The molecule has 0 radical (unpaired) electrons. The lowest BCUT2D eigenvalue weighted by atomic mass is 10.2. The van der Waals surface area contributed by atoms with E-state index in [2.05, 4.69) is 24.2 Å². The molecule has 1 aliphatic rings. The van der Waals surface area contributed by atoms with E-state index in [0.29, 0.717) is 18.3 Å². The van der Waals surface area contributed by atoms with Crippen molar-refractivity contribution in [1.82, 2.24) is 10.2 Å². The highest BCUT2D eigenvalue weighted by molar-refractivity contribution is 5.42. The largest absolute Gasteiger partial charge is 0.496 e. The fraction of sp³-hybridized carbons (Fsp3) is 0.600. The smallest absolute Gasteiger partial charge is 0.273 e. The molecular formula is C15H23N3O3. The van der Waals surface area contributed by atoms with Crippen LogP contribution in [0, 0.1) is 10.1 Å². The number of nitro benzene ring substituents is 1. The summed E-state index contributed by atoms with van der Waals surface area (Å²) in [5.74, 6) is 0.518. The Labute approximate surface area is 125 Å². The standard InChI is InChI=1S/C15H23N3O3/c1-11(17(2)13-4-5-13)9-16-10-12-6-14(18(19)20)8-15(7-12)21-3/h6-8,11,13,16H,4-5,9-10H2,1-3H3. The molecule has 21 heavy (non-hydrogen) atoms. The zero-order valence-electron chi connectivity index (χ0n) is 12.8. The number of nitro groups is 1. The highest BCUT2D eigenvalue weighted by atomic mass is 16.6. The van der Waals surface area contributed by atoms with Gasteiger partial charge < -0.3 is 10.1 Å². The highest BCUT2D eigenvalue weighted by Crippen LogP contribution is 2.26. The van der Waals surface area contributed by atoms with E-state index >= 15 is 0 Å². The molecule has 1 aromatic carbocycles. The number of non-ortho nitro benzene ring substituents is 1. The number of methoxy groups -OCH3 is 1. The molecule has 1 unspecified atom stereocenters. The summed E-state index contributed by atoms with van der Waals surface area (Å²) in [6.07, 6.45) is 2.59. The molecule has 0 saturated heterocycles. The van der Waals surface area contributed by atoms with Crippen molar-refractivity contribution in [1.29, 1.82) is 0 Å². The second kappa shape index (κ2) is 6.87. The summed E-state index contributed by atoms with van der Waals surface area (Å²) < 4.78 is 5.11. The predicted molar refractivity (Wildman–Crippen MR) is 81.6 cm³/mol. The molecule has 0 aromatic heterocycles. The summed E-state index contributed by atoms with van der Waals surface area (Å²) in [4.78, 5) is 12.9. The maximum Gasteiger partial charge on any atom is 0.273 e. The average Bonchev–Trinajstić information content (AvgIpc) is 3.30. The van der Waals surface area contributed by atoms with Crippen LogP contribution in [0.1, 0.15) is 25.3 Å². The second-order valence-corrected chi connectivity index (χ2v) is 5.67. The number of ether oxygens (including phenoxy) is 1. The first-order chi connectivity index (χ1) is 10.0. The Balaban J connectivity index is 1.89. The maximum atomic E-state index is 10.9. The molecule has 6 heteroatoms. The van der Waals surface area contributed by atoms with Crippen molar-refractivity contribution in [3.8, 4) is 5.75 Å². The number of hydrogen-bond acceptors (Lipinski definition) is 5. The third kappa shape index (κ3) is 4.41. The Bertz CT molecular complexity index is 503. The summed E-state index contributed by atoms with van der Waals surface area (Å²) >= 11 is 0. The molecule has 1 aliphatic carbocycles. The number of nitrogens with one attached hydrogen (secondary N) is 1. The monoisotopic (exact) mass is 293 g/mol. The molecule has 0 amide bonds. The quantitative estimate of drug-likeness (QED) is 0.588. The van der Waals surface area contributed by atoms with Crippen LogP contribution in [0.2, 0.25) is 0 Å². The van der Waals surface area contributed by atoms with Gasteiger partial charge in [0.25, 0.3) is 5.69 Å². The molecule has 0 spiro atoms. The lowest BCUT2D eigenvalue weighted by Gasteiger charge is -2.24. The number of rotatable bonds is 8. The number of likely N-dealkylation sites (N-methyl/N-ethyl adjacent to an activating group) is 1. The van der Waals surface area contributed by atoms with Crippen molar-refractivity contribution in [2.45, 2.75) is 38.4 Å². The highest BCUT2D eigenvalue weighted by Gasteiger charge is 2.28. The third-order valence-electron chi connectivity index (χ3n) is 3.98. The van der Waals surface area contributed by atoms with E-state index in [1.54, 1.807) is 6.07 Å². The van der Waals surface area contributed by atoms with Crippen LogP contribution in [0.4, 0.5) is 5.69 Å². The van der Waals surface area contributed by atoms with Crippen LogP contribution < -0.4 is 10.1 Å². The zero-order valence-corrected chi connectivity index (χ0v) is 12.8. The molecule has 0 bridgehead atoms. The molecule has 1 N–H and O–H groups in total. The molecule has 116 valence electrons. The number of nitrogens with zero attached hydrogens (tertiary/aromatic N) is 2. The van der Waals surface area contributed by atoms with E-state index in [1.807, 2.05) is 6.07 Å². The van der Waals surface area contributed by atoms with Crippen molar-refractivity contribution in [2.75, 3.05) is 20.7 Å². The van der Waals surface area contributed by atoms with Gasteiger partial charge in [-0.15, -0.1) is 0 Å². The van der Waals surface area contributed by atoms with E-state index in [9.17, 15) is 10.1 Å². The van der Waals surface area contributed by atoms with Crippen LogP contribution in [0.25, 0.3) is 0 Å². The van der Waals surface area contributed by atoms with Gasteiger partial charge in [-0.2, -0.15) is 0 Å². The van der Waals surface area contributed by atoms with Gasteiger partial charge in [-0.25, -0.2) is 0 Å². The van der Waals surface area contributed by atoms with E-state index in [1.165, 1.54) is 26.0 Å². The minimum absolute atomic E-state index is 0.0642. The molecule has 0 aliphatic heterocycles. The predicted octanol–water partition coefficient (Wildman–Crippen LogP) is 2.18. The van der Waals surface area contributed by atoms with Crippen molar-refractivity contribution >= 4 is 5.69 Å². The van der Waals surface area contributed by atoms with Crippen molar-refractivity contribution in [2.24, 2.45) is 0 Å². The van der Waals surface area contributed by atoms with Gasteiger partial charge in [0.1, 0.15) is 5.75 Å². The van der Waals surface area contributed by atoms with E-state index in [-0.39, 0.29) is 5.69 Å². The van der Waals surface area contributed by atoms with E-state index in [4.69, 9.17) is 4.74 Å². The summed E-state index contributed by atoms with van der Waals surface area (Å²) in [6.45, 7) is 3.65. The van der Waals surface area contributed by atoms with Gasteiger partial charge in [0.2, 0.25) is 0 Å². The Morgan fingerprint density at radius 3 is 2.76 bits per heavy atom. The first kappa shape index (κ1) is 15.7. The first-order valence-electron chi connectivity index (χ1n) is 7.26. The Hall–Kier alpha value is -1.66. The summed E-state index contributed by atoms with van der Waals surface area (Å²) in [7, 11) is 3.67. The van der Waals surface area contributed by atoms with E-state index in [0.717, 1.165) is 18.2 Å². The lowest BCUT2D eigenvalue weighted by molar-refractivity contribution is -0.385. The maximum absolute atomic E-state index is 10.9. The van der Waals surface area contributed by atoms with Crippen LogP contribution >= 0.6 is 0 Å². The second-order valence-electron chi connectivity index (χ2n) is 5.67. The van der Waals surface area contributed by atoms with Gasteiger partial charge in [0, 0.05) is 31.2 Å². The van der Waals surface area contributed by atoms with Gasteiger partial charge in [0.15, 0.2) is 0 Å². The Kier molecular flexibility index (Phi) is 5.14. The average molecular weight is 293 g/mol. The topological polar surface area (TPSA) is 67.6 Å². The van der Waals surface area contributed by atoms with Gasteiger partial charge in [-0.3, -0.25) is 15.0 Å². The van der Waals surface area contributed by atoms with Crippen molar-refractivity contribution in [3.05, 3.63) is 33.9 Å². The lowest BCUT2D eigenvalue weighted by Crippen LogP contribution is -2.38. The van der Waals surface area contributed by atoms with Crippen molar-refractivity contribution in [3.63, 3.8) is 0 Å². The normalized spacial score (nSPS) is 16.0. The molecule has 1 fully saturated rings.